The van der Waals surface area contributed by atoms with E-state index in [0.717, 1.165) is 89.9 Å². The first-order valence-corrected chi connectivity index (χ1v) is 25.0. The molecule has 0 spiro atoms. The largest absolute Gasteiger partial charge is 0.472 e. The normalized spacial score (nSPS) is 14.6. The Bertz CT molecular complexity index is 1280. The summed E-state index contributed by atoms with van der Waals surface area (Å²) in [7, 11) is -9.68. The molecular weight excluding hydrogens is 798 g/mol. The third kappa shape index (κ3) is 43.7. The van der Waals surface area contributed by atoms with Crippen molar-refractivity contribution < 1.29 is 61.6 Å². The Labute approximate surface area is 355 Å². The lowest BCUT2D eigenvalue weighted by atomic mass is 10.1. The molecule has 0 amide bonds. The molecule has 342 valence electrons. The van der Waals surface area contributed by atoms with Crippen LogP contribution in [0.25, 0.3) is 0 Å². The van der Waals surface area contributed by atoms with Gasteiger partial charge in [0.15, 0.2) is 6.10 Å². The van der Waals surface area contributed by atoms with E-state index in [1.54, 1.807) is 0 Å². The van der Waals surface area contributed by atoms with Gasteiger partial charge in [-0.05, 0) is 83.5 Å². The number of phosphoric acid groups is 2. The van der Waals surface area contributed by atoms with Crippen molar-refractivity contribution >= 4 is 27.6 Å². The molecular formula is C44H78O13P2. The van der Waals surface area contributed by atoms with Crippen molar-refractivity contribution in [1.82, 2.24) is 0 Å². The summed E-state index contributed by atoms with van der Waals surface area (Å²) >= 11 is 0. The second kappa shape index (κ2) is 39.9. The van der Waals surface area contributed by atoms with Crippen LogP contribution in [-0.4, -0.2) is 70.4 Å². The Morgan fingerprint density at radius 2 is 0.881 bits per heavy atom. The average molecular weight is 877 g/mol. The predicted octanol–water partition coefficient (Wildman–Crippen LogP) is 11.2. The van der Waals surface area contributed by atoms with E-state index in [4.69, 9.17) is 23.8 Å². The summed E-state index contributed by atoms with van der Waals surface area (Å²) in [6.45, 7) is 1.66. The van der Waals surface area contributed by atoms with Gasteiger partial charge in [0.25, 0.3) is 0 Å². The highest BCUT2D eigenvalue weighted by Gasteiger charge is 2.28. The van der Waals surface area contributed by atoms with Crippen LogP contribution in [0.15, 0.2) is 60.8 Å². The number of carbonyl (C=O) groups is 2. The number of hydrogen-bond donors (Lipinski definition) is 4. The van der Waals surface area contributed by atoms with Gasteiger partial charge in [0, 0.05) is 12.8 Å². The van der Waals surface area contributed by atoms with Gasteiger partial charge in [0.1, 0.15) is 12.7 Å². The van der Waals surface area contributed by atoms with Gasteiger partial charge in [-0.1, -0.05) is 132 Å². The van der Waals surface area contributed by atoms with E-state index >= 15 is 0 Å². The minimum atomic E-state index is -4.87. The molecule has 0 bridgehead atoms. The molecule has 0 aromatic carbocycles. The monoisotopic (exact) mass is 876 g/mol. The van der Waals surface area contributed by atoms with Crippen molar-refractivity contribution in [1.29, 1.82) is 0 Å². The van der Waals surface area contributed by atoms with Gasteiger partial charge in [-0.15, -0.1) is 0 Å². The molecule has 1 unspecified atom stereocenters. The lowest BCUT2D eigenvalue weighted by Gasteiger charge is -2.20. The fourth-order valence-electron chi connectivity index (χ4n) is 5.50. The van der Waals surface area contributed by atoms with E-state index in [9.17, 15) is 28.7 Å². The van der Waals surface area contributed by atoms with Crippen LogP contribution in [0.5, 0.6) is 0 Å². The van der Waals surface area contributed by atoms with Crippen molar-refractivity contribution in [3.63, 3.8) is 0 Å². The fraction of sp³-hybridized carbons (Fsp3) is 0.727. The number of ether oxygens (including phenoxy) is 2. The molecule has 0 aliphatic heterocycles. The van der Waals surface area contributed by atoms with Gasteiger partial charge in [-0.25, -0.2) is 9.13 Å². The van der Waals surface area contributed by atoms with Crippen molar-refractivity contribution in [2.45, 2.75) is 180 Å². The molecule has 13 nitrogen and oxygen atoms in total. The zero-order chi connectivity index (χ0) is 43.7. The van der Waals surface area contributed by atoms with E-state index in [1.165, 1.54) is 38.5 Å². The number of phosphoric ester groups is 2. The maximum atomic E-state index is 12.7. The number of carbonyl (C=O) groups excluding carboxylic acids is 2. The van der Waals surface area contributed by atoms with Gasteiger partial charge < -0.3 is 29.3 Å². The highest BCUT2D eigenvalue weighted by molar-refractivity contribution is 7.47. The van der Waals surface area contributed by atoms with E-state index in [-0.39, 0.29) is 12.8 Å². The zero-order valence-corrected chi connectivity index (χ0v) is 37.9. The third-order valence-corrected chi connectivity index (χ3v) is 10.3. The maximum absolute atomic E-state index is 12.7. The Kier molecular flexibility index (Phi) is 38.5. The lowest BCUT2D eigenvalue weighted by Crippen LogP contribution is -2.30. The number of aliphatic hydroxyl groups is 1. The number of esters is 2. The maximum Gasteiger partial charge on any atom is 0.472 e. The van der Waals surface area contributed by atoms with Gasteiger partial charge >= 0.3 is 27.6 Å². The SMILES string of the molecule is CCCCC/C=C\C/C=C\C/C=C\CCCCCCC(=O)OC[C@H](COP(=O)(O)OC[C@@H](O)COP(=O)(O)O)OC(=O)CCCCCCC/C=C\C/C=C\CCCCC. The van der Waals surface area contributed by atoms with Crippen molar-refractivity contribution in [3.8, 4) is 0 Å². The molecule has 0 radical (unpaired) electrons. The molecule has 0 aliphatic rings. The Balaban J connectivity index is 4.59. The second-order valence-corrected chi connectivity index (χ2v) is 17.3. The average Bonchev–Trinajstić information content (AvgIpc) is 3.19. The van der Waals surface area contributed by atoms with Gasteiger partial charge in [0.2, 0.25) is 0 Å². The Hall–Kier alpha value is -2.18. The van der Waals surface area contributed by atoms with Crippen LogP contribution < -0.4 is 0 Å². The number of allylic oxidation sites excluding steroid dienone is 10. The molecule has 0 saturated heterocycles. The number of aliphatic hydroxyl groups excluding tert-OH is 1. The summed E-state index contributed by atoms with van der Waals surface area (Å²) in [5.41, 5.74) is 0. The van der Waals surface area contributed by atoms with Gasteiger partial charge in [-0.3, -0.25) is 23.2 Å². The highest BCUT2D eigenvalue weighted by Crippen LogP contribution is 2.43. The second-order valence-electron chi connectivity index (χ2n) is 14.6. The standard InChI is InChI=1S/C44H78O13P2/c1-3-5-7-9-11-13-15-17-19-20-22-23-25-27-29-31-33-35-43(46)53-39-42(40-56-59(51,52)55-38-41(45)37-54-58(48,49)50)57-44(47)36-34-32-30-28-26-24-21-18-16-14-12-10-8-6-4-2/h11-14,17-19,21-23,41-42,45H,3-10,15-16,20,24-40H2,1-2H3,(H,51,52)(H2,48,49,50)/b13-11-,14-12-,19-17-,21-18-,23-22-/t41-,42+/m0/s1. The van der Waals surface area contributed by atoms with Crippen LogP contribution >= 0.6 is 15.6 Å². The molecule has 15 heteroatoms. The molecule has 0 aliphatic carbocycles. The molecule has 59 heavy (non-hydrogen) atoms. The van der Waals surface area contributed by atoms with Gasteiger partial charge in [-0.2, -0.15) is 0 Å². The summed E-state index contributed by atoms with van der Waals surface area (Å²) in [6, 6.07) is 0. The molecule has 0 fully saturated rings. The third-order valence-electron chi connectivity index (χ3n) is 8.87. The van der Waals surface area contributed by atoms with Crippen LogP contribution in [0.2, 0.25) is 0 Å². The first-order valence-electron chi connectivity index (χ1n) is 22.0. The summed E-state index contributed by atoms with van der Waals surface area (Å²) in [4.78, 5) is 52.7. The van der Waals surface area contributed by atoms with E-state index in [0.29, 0.717) is 12.8 Å². The fourth-order valence-corrected chi connectivity index (χ4v) is 6.66. The quantitative estimate of drug-likeness (QED) is 0.0196. The molecule has 0 saturated carbocycles. The smallest absolute Gasteiger partial charge is 0.462 e. The van der Waals surface area contributed by atoms with Crippen LogP contribution in [0.1, 0.15) is 168 Å². The summed E-state index contributed by atoms with van der Waals surface area (Å²) < 4.78 is 47.7. The van der Waals surface area contributed by atoms with Crippen molar-refractivity contribution in [2.75, 3.05) is 26.4 Å². The minimum Gasteiger partial charge on any atom is -0.462 e. The zero-order valence-electron chi connectivity index (χ0n) is 36.1. The Morgan fingerprint density at radius 1 is 0.492 bits per heavy atom. The molecule has 0 rings (SSSR count). The highest BCUT2D eigenvalue weighted by atomic mass is 31.2. The summed E-state index contributed by atoms with van der Waals surface area (Å²) in [5.74, 6) is -1.08. The number of hydrogen-bond acceptors (Lipinski definition) is 10. The van der Waals surface area contributed by atoms with Gasteiger partial charge in [0.05, 0.1) is 19.8 Å². The first-order chi connectivity index (χ1) is 28.4. The van der Waals surface area contributed by atoms with Crippen LogP contribution in [-0.2, 0) is 41.8 Å². The molecule has 3 atom stereocenters. The first kappa shape index (κ1) is 56.8. The van der Waals surface area contributed by atoms with Crippen LogP contribution in [0.4, 0.5) is 0 Å². The molecule has 0 heterocycles. The van der Waals surface area contributed by atoms with E-state index < -0.39 is 66.2 Å². The molecule has 4 N–H and O–H groups in total. The minimum absolute atomic E-state index is 0.108. The number of unbranched alkanes of at least 4 members (excludes halogenated alkanes) is 15. The summed E-state index contributed by atoms with van der Waals surface area (Å²) in [5, 5.41) is 9.74. The lowest BCUT2D eigenvalue weighted by molar-refractivity contribution is -0.161. The van der Waals surface area contributed by atoms with Crippen LogP contribution in [0.3, 0.4) is 0 Å². The number of rotatable bonds is 41. The summed E-state index contributed by atoms with van der Waals surface area (Å²) in [6.07, 6.45) is 42.0. The van der Waals surface area contributed by atoms with E-state index in [2.05, 4.69) is 83.7 Å². The van der Waals surface area contributed by atoms with Crippen molar-refractivity contribution in [3.05, 3.63) is 60.8 Å². The van der Waals surface area contributed by atoms with E-state index in [1.807, 2.05) is 0 Å². The van der Waals surface area contributed by atoms with Crippen LogP contribution in [0, 0.1) is 0 Å². The topological polar surface area (TPSA) is 195 Å². The molecule has 0 aromatic heterocycles. The Morgan fingerprint density at radius 3 is 1.36 bits per heavy atom. The van der Waals surface area contributed by atoms with Crippen molar-refractivity contribution in [2.24, 2.45) is 0 Å². The molecule has 0 aromatic rings. The predicted molar refractivity (Wildman–Crippen MR) is 234 cm³/mol.